The number of hydrogen-bond donors (Lipinski definition) is 1. The number of carbonyl (C=O) groups is 1. The first kappa shape index (κ1) is 16.5. The predicted octanol–water partition coefficient (Wildman–Crippen LogP) is 1.77. The number of pyridine rings is 1. The van der Waals surface area contributed by atoms with E-state index in [2.05, 4.69) is 14.5 Å². The van der Waals surface area contributed by atoms with Crippen LogP contribution in [0.25, 0.3) is 11.2 Å². The third kappa shape index (κ3) is 3.14. The van der Waals surface area contributed by atoms with Gasteiger partial charge < -0.3 is 19.3 Å². The van der Waals surface area contributed by atoms with E-state index in [0.29, 0.717) is 18.2 Å². The minimum absolute atomic E-state index is 0.0137. The van der Waals surface area contributed by atoms with Crippen LogP contribution in [0.15, 0.2) is 18.6 Å². The summed E-state index contributed by atoms with van der Waals surface area (Å²) in [5.74, 6) is -0.0613. The topological polar surface area (TPSA) is 80.5 Å². The van der Waals surface area contributed by atoms with E-state index in [0.717, 1.165) is 56.5 Å². The SMILES string of the molecule is O=C(c1cnc2c(c1)ncn2C1CCOCC1)N1CCCCC1CO. The maximum absolute atomic E-state index is 12.8. The highest BCUT2D eigenvalue weighted by molar-refractivity contribution is 5.96. The van der Waals surface area contributed by atoms with Crippen LogP contribution < -0.4 is 0 Å². The first-order valence-electron chi connectivity index (χ1n) is 9.10. The molecule has 0 radical (unpaired) electrons. The highest BCUT2D eigenvalue weighted by Gasteiger charge is 2.27. The fraction of sp³-hybridized carbons (Fsp3) is 0.611. The molecule has 0 aliphatic carbocycles. The summed E-state index contributed by atoms with van der Waals surface area (Å²) in [5.41, 5.74) is 2.11. The van der Waals surface area contributed by atoms with Crippen LogP contribution in [0, 0.1) is 0 Å². The van der Waals surface area contributed by atoms with Gasteiger partial charge in [-0.05, 0) is 38.2 Å². The van der Waals surface area contributed by atoms with Gasteiger partial charge in [0.1, 0.15) is 5.52 Å². The molecule has 4 heterocycles. The second-order valence-corrected chi connectivity index (χ2v) is 6.89. The van der Waals surface area contributed by atoms with Gasteiger partial charge in [-0.15, -0.1) is 0 Å². The van der Waals surface area contributed by atoms with Gasteiger partial charge in [-0.3, -0.25) is 4.79 Å². The van der Waals surface area contributed by atoms with Gasteiger partial charge >= 0.3 is 0 Å². The van der Waals surface area contributed by atoms with E-state index < -0.39 is 0 Å². The number of rotatable bonds is 3. The average molecular weight is 344 g/mol. The Kier molecular flexibility index (Phi) is 4.67. The lowest BCUT2D eigenvalue weighted by molar-refractivity contribution is 0.0503. The zero-order chi connectivity index (χ0) is 17.2. The van der Waals surface area contributed by atoms with Gasteiger partial charge in [-0.1, -0.05) is 0 Å². The zero-order valence-corrected chi connectivity index (χ0v) is 14.3. The number of ether oxygens (including phenoxy) is 1. The molecule has 1 N–H and O–H groups in total. The van der Waals surface area contributed by atoms with Crippen LogP contribution in [-0.4, -0.2) is 62.9 Å². The van der Waals surface area contributed by atoms with Gasteiger partial charge in [0.05, 0.1) is 24.5 Å². The van der Waals surface area contributed by atoms with E-state index in [1.807, 2.05) is 12.4 Å². The third-order valence-corrected chi connectivity index (χ3v) is 5.34. The first-order valence-corrected chi connectivity index (χ1v) is 9.10. The molecule has 134 valence electrons. The van der Waals surface area contributed by atoms with Crippen LogP contribution in [0.5, 0.6) is 0 Å². The van der Waals surface area contributed by atoms with Crippen LogP contribution in [0.4, 0.5) is 0 Å². The van der Waals surface area contributed by atoms with E-state index in [4.69, 9.17) is 4.74 Å². The fourth-order valence-corrected chi connectivity index (χ4v) is 3.89. The number of nitrogens with zero attached hydrogens (tertiary/aromatic N) is 4. The molecule has 2 fully saturated rings. The van der Waals surface area contributed by atoms with Crippen molar-refractivity contribution in [1.82, 2.24) is 19.4 Å². The molecule has 0 spiro atoms. The van der Waals surface area contributed by atoms with Crippen molar-refractivity contribution >= 4 is 17.1 Å². The summed E-state index contributed by atoms with van der Waals surface area (Å²) in [7, 11) is 0. The second-order valence-electron chi connectivity index (χ2n) is 6.89. The van der Waals surface area contributed by atoms with Crippen LogP contribution >= 0.6 is 0 Å². The number of fused-ring (bicyclic) bond motifs is 1. The smallest absolute Gasteiger partial charge is 0.255 e. The number of aliphatic hydroxyl groups is 1. The van der Waals surface area contributed by atoms with E-state index in [-0.39, 0.29) is 18.6 Å². The Morgan fingerprint density at radius 3 is 2.88 bits per heavy atom. The lowest BCUT2D eigenvalue weighted by Crippen LogP contribution is -2.45. The number of hydrogen-bond acceptors (Lipinski definition) is 5. The third-order valence-electron chi connectivity index (χ3n) is 5.34. The molecule has 1 amide bonds. The molecule has 2 aromatic rings. The molecule has 25 heavy (non-hydrogen) atoms. The van der Waals surface area contributed by atoms with Crippen molar-refractivity contribution in [3.05, 3.63) is 24.2 Å². The lowest BCUT2D eigenvalue weighted by Gasteiger charge is -2.34. The Bertz CT molecular complexity index is 754. The van der Waals surface area contributed by atoms with Crippen molar-refractivity contribution in [2.75, 3.05) is 26.4 Å². The number of piperidine rings is 1. The van der Waals surface area contributed by atoms with Crippen molar-refractivity contribution < 1.29 is 14.6 Å². The van der Waals surface area contributed by atoms with Gasteiger partial charge in [-0.25, -0.2) is 9.97 Å². The summed E-state index contributed by atoms with van der Waals surface area (Å²) in [4.78, 5) is 23.6. The van der Waals surface area contributed by atoms with Crippen molar-refractivity contribution in [3.8, 4) is 0 Å². The molecule has 4 rings (SSSR count). The first-order chi connectivity index (χ1) is 12.3. The Morgan fingerprint density at radius 1 is 1.24 bits per heavy atom. The highest BCUT2D eigenvalue weighted by Crippen LogP contribution is 2.25. The molecule has 2 aliphatic rings. The minimum Gasteiger partial charge on any atom is -0.394 e. The standard InChI is InChI=1S/C18H24N4O3/c23-11-15-3-1-2-6-21(15)18(24)13-9-16-17(19-10-13)22(12-20-16)14-4-7-25-8-5-14/h9-10,12,14-15,23H,1-8,11H2. The van der Waals surface area contributed by atoms with E-state index in [1.54, 1.807) is 11.1 Å². The number of amides is 1. The van der Waals surface area contributed by atoms with Crippen LogP contribution in [0.2, 0.25) is 0 Å². The van der Waals surface area contributed by atoms with Crippen LogP contribution in [0.1, 0.15) is 48.5 Å². The van der Waals surface area contributed by atoms with Gasteiger partial charge in [0.2, 0.25) is 0 Å². The summed E-state index contributed by atoms with van der Waals surface area (Å²) in [6.07, 6.45) is 8.28. The maximum atomic E-state index is 12.8. The summed E-state index contributed by atoms with van der Waals surface area (Å²) in [6.45, 7) is 2.23. The summed E-state index contributed by atoms with van der Waals surface area (Å²) in [6, 6.07) is 2.09. The Morgan fingerprint density at radius 2 is 2.08 bits per heavy atom. The number of likely N-dealkylation sites (tertiary alicyclic amines) is 1. The van der Waals surface area contributed by atoms with E-state index >= 15 is 0 Å². The molecular formula is C18H24N4O3. The molecule has 1 atom stereocenters. The molecule has 0 aromatic carbocycles. The zero-order valence-electron chi connectivity index (χ0n) is 14.3. The number of carbonyl (C=O) groups excluding carboxylic acids is 1. The Labute approximate surface area is 146 Å². The van der Waals surface area contributed by atoms with Crippen molar-refractivity contribution in [1.29, 1.82) is 0 Å². The molecule has 0 saturated carbocycles. The van der Waals surface area contributed by atoms with E-state index in [1.165, 1.54) is 0 Å². The summed E-state index contributed by atoms with van der Waals surface area (Å²) < 4.78 is 7.52. The Hall–Kier alpha value is -1.99. The molecular weight excluding hydrogens is 320 g/mol. The van der Waals surface area contributed by atoms with Gasteiger partial charge in [0.25, 0.3) is 5.91 Å². The average Bonchev–Trinajstić information content (AvgIpc) is 3.11. The van der Waals surface area contributed by atoms with E-state index in [9.17, 15) is 9.90 Å². The number of aliphatic hydroxyl groups excluding tert-OH is 1. The number of aromatic nitrogens is 3. The quantitative estimate of drug-likeness (QED) is 0.918. The largest absolute Gasteiger partial charge is 0.394 e. The molecule has 1 unspecified atom stereocenters. The van der Waals surface area contributed by atoms with Gasteiger partial charge in [0.15, 0.2) is 5.65 Å². The minimum atomic E-state index is -0.0863. The van der Waals surface area contributed by atoms with Crippen molar-refractivity contribution in [2.24, 2.45) is 0 Å². The molecule has 2 aromatic heterocycles. The van der Waals surface area contributed by atoms with Crippen LogP contribution in [-0.2, 0) is 4.74 Å². The Balaban J connectivity index is 1.60. The van der Waals surface area contributed by atoms with Crippen LogP contribution in [0.3, 0.4) is 0 Å². The monoisotopic (exact) mass is 344 g/mol. The lowest BCUT2D eigenvalue weighted by atomic mass is 10.0. The summed E-state index contributed by atoms with van der Waals surface area (Å²) >= 11 is 0. The molecule has 2 saturated heterocycles. The maximum Gasteiger partial charge on any atom is 0.255 e. The summed E-state index contributed by atoms with van der Waals surface area (Å²) in [5, 5.41) is 9.54. The molecule has 7 heteroatoms. The van der Waals surface area contributed by atoms with Gasteiger partial charge in [0, 0.05) is 32.0 Å². The van der Waals surface area contributed by atoms with Crippen molar-refractivity contribution in [2.45, 2.75) is 44.2 Å². The highest BCUT2D eigenvalue weighted by atomic mass is 16.5. The molecule has 0 bridgehead atoms. The molecule has 2 aliphatic heterocycles. The normalized spacial score (nSPS) is 22.4. The fourth-order valence-electron chi connectivity index (χ4n) is 3.89. The van der Waals surface area contributed by atoms with Crippen molar-refractivity contribution in [3.63, 3.8) is 0 Å². The van der Waals surface area contributed by atoms with Gasteiger partial charge in [-0.2, -0.15) is 0 Å². The number of imidazole rings is 1. The second kappa shape index (κ2) is 7.09. The molecule has 7 nitrogen and oxygen atoms in total. The predicted molar refractivity (Wildman–Crippen MR) is 92.4 cm³/mol.